The van der Waals surface area contributed by atoms with E-state index >= 15 is 0 Å². The molecule has 1 saturated heterocycles. The number of hydrogen-bond donors (Lipinski definition) is 1. The van der Waals surface area contributed by atoms with E-state index in [0.717, 1.165) is 12.5 Å². The van der Waals surface area contributed by atoms with E-state index in [1.807, 2.05) is 6.92 Å². The molecule has 0 spiro atoms. The Kier molecular flexibility index (Phi) is 2.86. The molecule has 15 heavy (non-hydrogen) atoms. The lowest BCUT2D eigenvalue weighted by molar-refractivity contribution is 0.121. The lowest BCUT2D eigenvalue weighted by atomic mass is 10.1. The van der Waals surface area contributed by atoms with Gasteiger partial charge in [0.1, 0.15) is 0 Å². The van der Waals surface area contributed by atoms with Gasteiger partial charge < -0.3 is 10.1 Å². The predicted molar refractivity (Wildman–Crippen MR) is 53.8 cm³/mol. The number of hydrogen-bond acceptors (Lipinski definition) is 2. The summed E-state index contributed by atoms with van der Waals surface area (Å²) in [5, 5.41) is 3.13. The maximum absolute atomic E-state index is 12.9. The Morgan fingerprint density at radius 2 is 2.13 bits per heavy atom. The molecule has 0 amide bonds. The van der Waals surface area contributed by atoms with Gasteiger partial charge in [0.15, 0.2) is 11.6 Å². The average Bonchev–Trinajstić information content (AvgIpc) is 2.59. The first-order valence-electron chi connectivity index (χ1n) is 5.00. The summed E-state index contributed by atoms with van der Waals surface area (Å²) >= 11 is 0. The number of rotatable bonds is 2. The van der Waals surface area contributed by atoms with E-state index < -0.39 is 11.6 Å². The van der Waals surface area contributed by atoms with Crippen molar-refractivity contribution in [2.24, 2.45) is 0 Å². The highest BCUT2D eigenvalue weighted by Crippen LogP contribution is 2.20. The zero-order valence-corrected chi connectivity index (χ0v) is 8.47. The van der Waals surface area contributed by atoms with Gasteiger partial charge in [0.25, 0.3) is 0 Å². The van der Waals surface area contributed by atoms with Crippen molar-refractivity contribution in [3.05, 3.63) is 29.8 Å². The largest absolute Gasteiger partial charge is 0.380 e. The SMILES string of the molecule is C[C@@H]1OCC[C@@H]1Nc1ccc(F)c(F)c1. The molecule has 1 aliphatic heterocycles. The Hall–Kier alpha value is -1.16. The monoisotopic (exact) mass is 213 g/mol. The Bertz CT molecular complexity index is 356. The van der Waals surface area contributed by atoms with Crippen LogP contribution in [-0.2, 0) is 4.74 Å². The zero-order chi connectivity index (χ0) is 10.8. The van der Waals surface area contributed by atoms with E-state index in [1.165, 1.54) is 12.1 Å². The summed E-state index contributed by atoms with van der Waals surface area (Å²) in [5.74, 6) is -1.65. The lowest BCUT2D eigenvalue weighted by Crippen LogP contribution is -2.26. The quantitative estimate of drug-likeness (QED) is 0.815. The summed E-state index contributed by atoms with van der Waals surface area (Å²) in [7, 11) is 0. The van der Waals surface area contributed by atoms with Crippen LogP contribution in [0.2, 0.25) is 0 Å². The summed E-state index contributed by atoms with van der Waals surface area (Å²) in [6, 6.07) is 4.00. The van der Waals surface area contributed by atoms with E-state index in [9.17, 15) is 8.78 Å². The van der Waals surface area contributed by atoms with E-state index in [1.54, 1.807) is 0 Å². The maximum Gasteiger partial charge on any atom is 0.160 e. The van der Waals surface area contributed by atoms with Crippen LogP contribution >= 0.6 is 0 Å². The molecule has 0 saturated carbocycles. The third kappa shape index (κ3) is 2.26. The summed E-state index contributed by atoms with van der Waals surface area (Å²) in [4.78, 5) is 0. The second-order valence-corrected chi connectivity index (χ2v) is 3.74. The first-order valence-corrected chi connectivity index (χ1v) is 5.00. The van der Waals surface area contributed by atoms with Crippen LogP contribution < -0.4 is 5.32 Å². The number of anilines is 1. The summed E-state index contributed by atoms with van der Waals surface area (Å²) in [6.45, 7) is 2.67. The van der Waals surface area contributed by atoms with E-state index in [0.29, 0.717) is 12.3 Å². The van der Waals surface area contributed by atoms with E-state index in [-0.39, 0.29) is 12.1 Å². The van der Waals surface area contributed by atoms with Crippen LogP contribution in [-0.4, -0.2) is 18.8 Å². The van der Waals surface area contributed by atoms with Crippen LogP contribution in [0.15, 0.2) is 18.2 Å². The highest BCUT2D eigenvalue weighted by molar-refractivity contribution is 5.44. The molecule has 2 atom stereocenters. The molecule has 1 aliphatic rings. The molecule has 0 aliphatic carbocycles. The highest BCUT2D eigenvalue weighted by atomic mass is 19.2. The molecular weight excluding hydrogens is 200 g/mol. The topological polar surface area (TPSA) is 21.3 Å². The van der Waals surface area contributed by atoms with Crippen LogP contribution in [0.5, 0.6) is 0 Å². The molecule has 0 aromatic heterocycles. The fourth-order valence-electron chi connectivity index (χ4n) is 1.72. The average molecular weight is 213 g/mol. The van der Waals surface area contributed by atoms with Gasteiger partial charge in [-0.1, -0.05) is 0 Å². The second kappa shape index (κ2) is 4.14. The zero-order valence-electron chi connectivity index (χ0n) is 8.47. The first kappa shape index (κ1) is 10.4. The molecule has 0 unspecified atom stereocenters. The summed E-state index contributed by atoms with van der Waals surface area (Å²) < 4.78 is 30.9. The van der Waals surface area contributed by atoms with Crippen molar-refractivity contribution in [2.75, 3.05) is 11.9 Å². The van der Waals surface area contributed by atoms with Gasteiger partial charge in [0.05, 0.1) is 12.1 Å². The van der Waals surface area contributed by atoms with E-state index in [4.69, 9.17) is 4.74 Å². The molecular formula is C11H13F2NO. The van der Waals surface area contributed by atoms with Crippen LogP contribution in [0, 0.1) is 11.6 Å². The van der Waals surface area contributed by atoms with Gasteiger partial charge in [-0.25, -0.2) is 8.78 Å². The van der Waals surface area contributed by atoms with Crippen LogP contribution in [0.3, 0.4) is 0 Å². The van der Waals surface area contributed by atoms with Gasteiger partial charge in [-0.3, -0.25) is 0 Å². The molecule has 1 fully saturated rings. The minimum absolute atomic E-state index is 0.109. The van der Waals surface area contributed by atoms with Crippen molar-refractivity contribution >= 4 is 5.69 Å². The van der Waals surface area contributed by atoms with Crippen LogP contribution in [0.1, 0.15) is 13.3 Å². The number of halogens is 2. The molecule has 1 aromatic carbocycles. The Balaban J connectivity index is 2.07. The van der Waals surface area contributed by atoms with Gasteiger partial charge in [-0.15, -0.1) is 0 Å². The number of benzene rings is 1. The highest BCUT2D eigenvalue weighted by Gasteiger charge is 2.23. The first-order chi connectivity index (χ1) is 7.16. The molecule has 1 heterocycles. The fraction of sp³-hybridized carbons (Fsp3) is 0.455. The molecule has 1 N–H and O–H groups in total. The Labute approximate surface area is 87.2 Å². The van der Waals surface area contributed by atoms with Crippen LogP contribution in [0.4, 0.5) is 14.5 Å². The number of ether oxygens (including phenoxy) is 1. The number of nitrogens with one attached hydrogen (secondary N) is 1. The smallest absolute Gasteiger partial charge is 0.160 e. The molecule has 2 rings (SSSR count). The summed E-state index contributed by atoms with van der Waals surface area (Å²) in [5.41, 5.74) is 0.594. The molecule has 0 radical (unpaired) electrons. The Morgan fingerprint density at radius 3 is 2.73 bits per heavy atom. The second-order valence-electron chi connectivity index (χ2n) is 3.74. The standard InChI is InChI=1S/C11H13F2NO/c1-7-11(4-5-15-7)14-8-2-3-9(12)10(13)6-8/h2-3,6-7,11,14H,4-5H2,1H3/t7-,11-/m0/s1. The molecule has 0 bridgehead atoms. The van der Waals surface area contributed by atoms with Crippen molar-refractivity contribution < 1.29 is 13.5 Å². The maximum atomic E-state index is 12.9. The normalized spacial score (nSPS) is 25.5. The lowest BCUT2D eigenvalue weighted by Gasteiger charge is -2.17. The molecule has 82 valence electrons. The molecule has 2 nitrogen and oxygen atoms in total. The minimum Gasteiger partial charge on any atom is -0.380 e. The minimum atomic E-state index is -0.827. The van der Waals surface area contributed by atoms with Crippen molar-refractivity contribution in [3.8, 4) is 0 Å². The molecule has 1 aromatic rings. The summed E-state index contributed by atoms with van der Waals surface area (Å²) in [6.07, 6.45) is 0.998. The third-order valence-electron chi connectivity index (χ3n) is 2.65. The van der Waals surface area contributed by atoms with Crippen molar-refractivity contribution in [2.45, 2.75) is 25.5 Å². The Morgan fingerprint density at radius 1 is 1.33 bits per heavy atom. The third-order valence-corrected chi connectivity index (χ3v) is 2.65. The van der Waals surface area contributed by atoms with Gasteiger partial charge in [0, 0.05) is 18.4 Å². The fourth-order valence-corrected chi connectivity index (χ4v) is 1.72. The van der Waals surface area contributed by atoms with Gasteiger partial charge in [0.2, 0.25) is 0 Å². The van der Waals surface area contributed by atoms with Crippen molar-refractivity contribution in [3.63, 3.8) is 0 Å². The van der Waals surface area contributed by atoms with Gasteiger partial charge in [-0.05, 0) is 25.5 Å². The van der Waals surface area contributed by atoms with Gasteiger partial charge in [-0.2, -0.15) is 0 Å². The van der Waals surface area contributed by atoms with Crippen molar-refractivity contribution in [1.29, 1.82) is 0 Å². The van der Waals surface area contributed by atoms with E-state index in [2.05, 4.69) is 5.32 Å². The van der Waals surface area contributed by atoms with Gasteiger partial charge >= 0.3 is 0 Å². The van der Waals surface area contributed by atoms with Crippen molar-refractivity contribution in [1.82, 2.24) is 0 Å². The van der Waals surface area contributed by atoms with Crippen LogP contribution in [0.25, 0.3) is 0 Å². The molecule has 4 heteroatoms. The predicted octanol–water partition coefficient (Wildman–Crippen LogP) is 2.55.